The Kier molecular flexibility index (Phi) is 4.26. The van der Waals surface area contributed by atoms with Crippen LogP contribution in [-0.4, -0.2) is 9.55 Å². The number of rotatable bonds is 4. The van der Waals surface area contributed by atoms with Crippen LogP contribution in [0.4, 0.5) is 0 Å². The Hall–Kier alpha value is -2.46. The lowest BCUT2D eigenvalue weighted by atomic mass is 10.1. The Morgan fingerprint density at radius 2 is 1.61 bits per heavy atom. The summed E-state index contributed by atoms with van der Waals surface area (Å²) in [5.41, 5.74) is 3.38. The molecule has 0 radical (unpaired) electrons. The van der Waals surface area contributed by atoms with E-state index in [0.29, 0.717) is 5.69 Å². The van der Waals surface area contributed by atoms with E-state index in [1.807, 2.05) is 49.4 Å². The molecule has 1 heterocycles. The molecule has 2 atom stereocenters. The molecule has 118 valence electrons. The maximum Gasteiger partial charge on any atom is 0.274 e. The van der Waals surface area contributed by atoms with Crippen molar-refractivity contribution in [3.8, 4) is 0 Å². The highest BCUT2D eigenvalue weighted by Gasteiger charge is 2.17. The molecule has 2 aromatic carbocycles. The fourth-order valence-corrected chi connectivity index (χ4v) is 2.88. The van der Waals surface area contributed by atoms with E-state index in [1.54, 1.807) is 11.6 Å². The molecule has 0 aliphatic rings. The van der Waals surface area contributed by atoms with Crippen molar-refractivity contribution in [2.75, 3.05) is 0 Å². The van der Waals surface area contributed by atoms with Crippen molar-refractivity contribution in [3.05, 3.63) is 76.2 Å². The topological polar surface area (TPSA) is 46.9 Å². The number of aromatic nitrogens is 2. The van der Waals surface area contributed by atoms with Crippen molar-refractivity contribution in [3.63, 3.8) is 0 Å². The van der Waals surface area contributed by atoms with Crippen LogP contribution < -0.4 is 10.9 Å². The first-order chi connectivity index (χ1) is 11.1. The van der Waals surface area contributed by atoms with Gasteiger partial charge in [-0.05, 0) is 31.5 Å². The summed E-state index contributed by atoms with van der Waals surface area (Å²) in [7, 11) is 1.79. The quantitative estimate of drug-likeness (QED) is 0.804. The Morgan fingerprint density at radius 1 is 0.957 bits per heavy atom. The first-order valence-corrected chi connectivity index (χ1v) is 7.84. The van der Waals surface area contributed by atoms with Crippen LogP contribution in [0.1, 0.15) is 37.2 Å². The van der Waals surface area contributed by atoms with E-state index in [0.717, 1.165) is 11.0 Å². The highest BCUT2D eigenvalue weighted by Crippen LogP contribution is 2.18. The van der Waals surface area contributed by atoms with Gasteiger partial charge in [0.05, 0.1) is 17.1 Å². The van der Waals surface area contributed by atoms with Crippen molar-refractivity contribution >= 4 is 11.0 Å². The smallest absolute Gasteiger partial charge is 0.274 e. The van der Waals surface area contributed by atoms with Gasteiger partial charge in [-0.1, -0.05) is 42.5 Å². The van der Waals surface area contributed by atoms with Crippen LogP contribution in [0.5, 0.6) is 0 Å². The molecule has 0 bridgehead atoms. The minimum atomic E-state index is -0.131. The molecule has 0 fully saturated rings. The Morgan fingerprint density at radius 3 is 2.35 bits per heavy atom. The molecule has 0 aliphatic heterocycles. The van der Waals surface area contributed by atoms with Crippen molar-refractivity contribution in [1.29, 1.82) is 0 Å². The monoisotopic (exact) mass is 307 g/mol. The van der Waals surface area contributed by atoms with Crippen LogP contribution in [0.3, 0.4) is 0 Å². The summed E-state index contributed by atoms with van der Waals surface area (Å²) < 4.78 is 1.67. The molecule has 0 saturated heterocycles. The number of hydrogen-bond acceptors (Lipinski definition) is 3. The molecular weight excluding hydrogens is 286 g/mol. The predicted octanol–water partition coefficient (Wildman–Crippen LogP) is 3.35. The second-order valence-electron chi connectivity index (χ2n) is 5.87. The zero-order valence-corrected chi connectivity index (χ0v) is 13.7. The molecule has 1 unspecified atom stereocenters. The molecule has 4 nitrogen and oxygen atoms in total. The molecule has 0 saturated carbocycles. The average Bonchev–Trinajstić information content (AvgIpc) is 2.58. The molecule has 1 N–H and O–H groups in total. The van der Waals surface area contributed by atoms with Gasteiger partial charge in [-0.3, -0.25) is 4.79 Å². The SMILES string of the molecule is CC(N[C@H](C)c1ccccc1)c1nc2ccccc2n(C)c1=O. The van der Waals surface area contributed by atoms with Gasteiger partial charge in [0.15, 0.2) is 0 Å². The highest BCUT2D eigenvalue weighted by molar-refractivity contribution is 5.74. The highest BCUT2D eigenvalue weighted by atomic mass is 16.1. The largest absolute Gasteiger partial charge is 0.308 e. The minimum Gasteiger partial charge on any atom is -0.308 e. The van der Waals surface area contributed by atoms with E-state index in [2.05, 4.69) is 29.4 Å². The maximum absolute atomic E-state index is 12.6. The molecule has 0 aliphatic carbocycles. The van der Waals surface area contributed by atoms with Crippen molar-refractivity contribution in [2.24, 2.45) is 7.05 Å². The van der Waals surface area contributed by atoms with Crippen LogP contribution in [0.15, 0.2) is 59.4 Å². The van der Waals surface area contributed by atoms with E-state index < -0.39 is 0 Å². The van der Waals surface area contributed by atoms with E-state index in [4.69, 9.17) is 0 Å². The van der Waals surface area contributed by atoms with E-state index in [-0.39, 0.29) is 17.6 Å². The maximum atomic E-state index is 12.6. The summed E-state index contributed by atoms with van der Waals surface area (Å²) in [5.74, 6) is 0. The molecule has 3 aromatic rings. The lowest BCUT2D eigenvalue weighted by Crippen LogP contribution is -2.31. The number of aryl methyl sites for hydroxylation is 1. The third-order valence-corrected chi connectivity index (χ3v) is 4.22. The second-order valence-corrected chi connectivity index (χ2v) is 5.87. The van der Waals surface area contributed by atoms with Gasteiger partial charge >= 0.3 is 0 Å². The minimum absolute atomic E-state index is 0.0519. The number of hydrogen-bond donors (Lipinski definition) is 1. The molecular formula is C19H21N3O. The number of nitrogens with zero attached hydrogens (tertiary/aromatic N) is 2. The van der Waals surface area contributed by atoms with Crippen LogP contribution in [0, 0.1) is 0 Å². The summed E-state index contributed by atoms with van der Waals surface area (Å²) in [6, 6.07) is 17.9. The summed E-state index contributed by atoms with van der Waals surface area (Å²) >= 11 is 0. The Bertz CT molecular complexity index is 871. The molecule has 0 amide bonds. The first-order valence-electron chi connectivity index (χ1n) is 7.84. The first kappa shape index (κ1) is 15.4. The van der Waals surface area contributed by atoms with Gasteiger partial charge in [0.1, 0.15) is 5.69 Å². The normalized spacial score (nSPS) is 13.9. The molecule has 23 heavy (non-hydrogen) atoms. The van der Waals surface area contributed by atoms with Crippen LogP contribution in [-0.2, 0) is 7.05 Å². The molecule has 3 rings (SSSR count). The zero-order valence-electron chi connectivity index (χ0n) is 13.7. The fraction of sp³-hybridized carbons (Fsp3) is 0.263. The fourth-order valence-electron chi connectivity index (χ4n) is 2.88. The predicted molar refractivity (Wildman–Crippen MR) is 93.4 cm³/mol. The molecule has 1 aromatic heterocycles. The summed E-state index contributed by atoms with van der Waals surface area (Å²) in [6.07, 6.45) is 0. The molecule has 4 heteroatoms. The number of nitrogens with one attached hydrogen (secondary N) is 1. The van der Waals surface area contributed by atoms with Crippen molar-refractivity contribution in [2.45, 2.75) is 25.9 Å². The van der Waals surface area contributed by atoms with Crippen LogP contribution in [0.25, 0.3) is 11.0 Å². The van der Waals surface area contributed by atoms with Gasteiger partial charge in [0, 0.05) is 13.1 Å². The summed E-state index contributed by atoms with van der Waals surface area (Å²) in [4.78, 5) is 17.2. The van der Waals surface area contributed by atoms with Crippen LogP contribution in [0.2, 0.25) is 0 Å². The van der Waals surface area contributed by atoms with E-state index in [9.17, 15) is 4.79 Å². The Balaban J connectivity index is 1.93. The number of para-hydroxylation sites is 2. The van der Waals surface area contributed by atoms with E-state index in [1.165, 1.54) is 5.56 Å². The van der Waals surface area contributed by atoms with Gasteiger partial charge in [0.2, 0.25) is 0 Å². The Labute approximate surface area is 135 Å². The summed E-state index contributed by atoms with van der Waals surface area (Å²) in [5, 5.41) is 3.47. The van der Waals surface area contributed by atoms with Crippen molar-refractivity contribution < 1.29 is 0 Å². The van der Waals surface area contributed by atoms with Crippen molar-refractivity contribution in [1.82, 2.24) is 14.9 Å². The van der Waals surface area contributed by atoms with Gasteiger partial charge in [-0.2, -0.15) is 0 Å². The third-order valence-electron chi connectivity index (χ3n) is 4.22. The number of benzene rings is 2. The zero-order chi connectivity index (χ0) is 16.4. The summed E-state index contributed by atoms with van der Waals surface area (Å²) in [6.45, 7) is 4.08. The van der Waals surface area contributed by atoms with Gasteiger partial charge in [-0.25, -0.2) is 4.98 Å². The van der Waals surface area contributed by atoms with E-state index >= 15 is 0 Å². The average molecular weight is 307 g/mol. The second kappa shape index (κ2) is 6.34. The standard InChI is InChI=1S/C19H21N3O/c1-13(15-9-5-4-6-10-15)20-14(2)18-19(23)22(3)17-12-8-7-11-16(17)21-18/h4-14,20H,1-3H3/t13-,14?/m1/s1. The lowest BCUT2D eigenvalue weighted by Gasteiger charge is -2.20. The number of fused-ring (bicyclic) bond motifs is 1. The molecule has 0 spiro atoms. The van der Waals surface area contributed by atoms with Crippen LogP contribution >= 0.6 is 0 Å². The third kappa shape index (κ3) is 3.03. The van der Waals surface area contributed by atoms with Gasteiger partial charge < -0.3 is 9.88 Å². The van der Waals surface area contributed by atoms with Gasteiger partial charge in [-0.15, -0.1) is 0 Å². The van der Waals surface area contributed by atoms with Gasteiger partial charge in [0.25, 0.3) is 5.56 Å². The lowest BCUT2D eigenvalue weighted by molar-refractivity contribution is 0.481.